The first-order valence-corrected chi connectivity index (χ1v) is 8.58. The Morgan fingerprint density at radius 2 is 2.24 bits per heavy atom. The van der Waals surface area contributed by atoms with Crippen molar-refractivity contribution in [1.82, 2.24) is 15.1 Å². The number of hydrogen-bond acceptors (Lipinski definition) is 4. The molecule has 2 aliphatic rings. The number of amides is 2. The van der Waals surface area contributed by atoms with Crippen molar-refractivity contribution in [2.75, 3.05) is 39.3 Å². The van der Waals surface area contributed by atoms with Crippen molar-refractivity contribution in [2.24, 2.45) is 0 Å². The van der Waals surface area contributed by atoms with Crippen LogP contribution in [0.1, 0.15) is 17.7 Å². The van der Waals surface area contributed by atoms with Gasteiger partial charge in [-0.05, 0) is 24.3 Å². The molecule has 3 rings (SSSR count). The molecule has 0 aliphatic carbocycles. The van der Waals surface area contributed by atoms with Crippen LogP contribution in [-0.2, 0) is 11.3 Å². The number of rotatable bonds is 4. The lowest BCUT2D eigenvalue weighted by Gasteiger charge is -2.35. The minimum absolute atomic E-state index is 0.0557. The Morgan fingerprint density at radius 3 is 2.90 bits per heavy atom. The van der Waals surface area contributed by atoms with Crippen molar-refractivity contribution in [3.05, 3.63) is 22.4 Å². The third kappa shape index (κ3) is 4.18. The molecule has 0 unspecified atom stereocenters. The van der Waals surface area contributed by atoms with Gasteiger partial charge in [-0.3, -0.25) is 4.90 Å². The first-order valence-electron chi connectivity index (χ1n) is 7.70. The molecule has 0 saturated carbocycles. The Labute approximate surface area is 129 Å². The van der Waals surface area contributed by atoms with Gasteiger partial charge in [-0.1, -0.05) is 6.07 Å². The van der Waals surface area contributed by atoms with E-state index in [9.17, 15) is 4.79 Å². The van der Waals surface area contributed by atoms with Crippen LogP contribution in [0.25, 0.3) is 0 Å². The summed E-state index contributed by atoms with van der Waals surface area (Å²) >= 11 is 1.67. The van der Waals surface area contributed by atoms with E-state index in [-0.39, 0.29) is 6.03 Å². The third-order valence-corrected chi connectivity index (χ3v) is 5.02. The summed E-state index contributed by atoms with van der Waals surface area (Å²) in [5, 5.41) is 5.03. The lowest BCUT2D eigenvalue weighted by Crippen LogP contribution is -2.52. The average Bonchev–Trinajstić information content (AvgIpc) is 3.19. The molecule has 3 heterocycles. The average molecular weight is 309 g/mol. The predicted molar refractivity (Wildman–Crippen MR) is 83.5 cm³/mol. The van der Waals surface area contributed by atoms with Crippen molar-refractivity contribution in [2.45, 2.75) is 25.5 Å². The molecule has 0 radical (unpaired) electrons. The quantitative estimate of drug-likeness (QED) is 0.922. The van der Waals surface area contributed by atoms with Crippen LogP contribution < -0.4 is 5.32 Å². The molecule has 2 amide bonds. The van der Waals surface area contributed by atoms with Gasteiger partial charge in [0, 0.05) is 44.2 Å². The first-order chi connectivity index (χ1) is 10.3. The van der Waals surface area contributed by atoms with E-state index in [1.165, 1.54) is 17.7 Å². The van der Waals surface area contributed by atoms with Crippen LogP contribution in [0.3, 0.4) is 0 Å². The van der Waals surface area contributed by atoms with Gasteiger partial charge in [0.1, 0.15) is 0 Å². The van der Waals surface area contributed by atoms with E-state index in [0.29, 0.717) is 12.6 Å². The highest BCUT2D eigenvalue weighted by Crippen LogP contribution is 2.14. The topological polar surface area (TPSA) is 44.8 Å². The molecule has 5 nitrogen and oxygen atoms in total. The largest absolute Gasteiger partial charge is 0.377 e. The predicted octanol–water partition coefficient (Wildman–Crippen LogP) is 1.75. The lowest BCUT2D eigenvalue weighted by atomic mass is 10.2. The minimum atomic E-state index is 0.0557. The van der Waals surface area contributed by atoms with Gasteiger partial charge in [0.25, 0.3) is 0 Å². The highest BCUT2D eigenvalue weighted by Gasteiger charge is 2.24. The smallest absolute Gasteiger partial charge is 0.317 e. The second-order valence-electron chi connectivity index (χ2n) is 5.66. The number of urea groups is 1. The number of thiophene rings is 1. The zero-order valence-corrected chi connectivity index (χ0v) is 13.1. The number of hydrogen-bond donors (Lipinski definition) is 1. The lowest BCUT2D eigenvalue weighted by molar-refractivity contribution is 0.0561. The highest BCUT2D eigenvalue weighted by molar-refractivity contribution is 7.09. The summed E-state index contributed by atoms with van der Waals surface area (Å²) in [5.74, 6) is 0. The van der Waals surface area contributed by atoms with Crippen molar-refractivity contribution >= 4 is 17.4 Å². The molecule has 116 valence electrons. The number of piperazine rings is 1. The van der Waals surface area contributed by atoms with Gasteiger partial charge in [0.05, 0.1) is 12.6 Å². The van der Waals surface area contributed by atoms with E-state index in [2.05, 4.69) is 10.2 Å². The Bertz CT molecular complexity index is 438. The maximum Gasteiger partial charge on any atom is 0.317 e. The molecule has 0 bridgehead atoms. The molecular formula is C15H23N3O2S. The van der Waals surface area contributed by atoms with Crippen LogP contribution in [0.5, 0.6) is 0 Å². The summed E-state index contributed by atoms with van der Waals surface area (Å²) in [6.45, 7) is 6.08. The molecule has 1 aromatic heterocycles. The van der Waals surface area contributed by atoms with E-state index in [0.717, 1.165) is 39.3 Å². The minimum Gasteiger partial charge on any atom is -0.377 e. The summed E-state index contributed by atoms with van der Waals surface area (Å²) in [7, 11) is 0. The van der Waals surface area contributed by atoms with Crippen LogP contribution in [0, 0.1) is 0 Å². The molecule has 0 aromatic carbocycles. The van der Waals surface area contributed by atoms with Gasteiger partial charge < -0.3 is 15.0 Å². The van der Waals surface area contributed by atoms with Gasteiger partial charge in [0.15, 0.2) is 0 Å². The van der Waals surface area contributed by atoms with Crippen LogP contribution in [0.2, 0.25) is 0 Å². The molecule has 2 fully saturated rings. The van der Waals surface area contributed by atoms with Crippen molar-refractivity contribution in [3.8, 4) is 0 Å². The fourth-order valence-corrected chi connectivity index (χ4v) is 3.54. The standard InChI is InChI=1S/C15H23N3O2S/c19-15(16-11-14-4-2-10-21-14)18-7-5-17(6-8-18)12-13-3-1-9-20-13/h2,4,10,13H,1,3,5-9,11-12H2,(H,16,19)/t13-/m0/s1. The summed E-state index contributed by atoms with van der Waals surface area (Å²) in [4.78, 5) is 17.6. The van der Waals surface area contributed by atoms with Gasteiger partial charge in [-0.2, -0.15) is 0 Å². The van der Waals surface area contributed by atoms with Gasteiger partial charge in [0.2, 0.25) is 0 Å². The summed E-state index contributed by atoms with van der Waals surface area (Å²) in [6.07, 6.45) is 2.78. The first kappa shape index (κ1) is 14.8. The van der Waals surface area contributed by atoms with Crippen LogP contribution in [0.15, 0.2) is 17.5 Å². The molecule has 1 aromatic rings. The molecule has 2 aliphatic heterocycles. The summed E-state index contributed by atoms with van der Waals surface area (Å²) in [6, 6.07) is 4.11. The number of ether oxygens (including phenoxy) is 1. The van der Waals surface area contributed by atoms with Gasteiger partial charge in [-0.15, -0.1) is 11.3 Å². The molecule has 1 atom stereocenters. The van der Waals surface area contributed by atoms with Crippen LogP contribution in [0.4, 0.5) is 4.79 Å². The highest BCUT2D eigenvalue weighted by atomic mass is 32.1. The maximum atomic E-state index is 12.1. The van der Waals surface area contributed by atoms with E-state index in [1.807, 2.05) is 22.4 Å². The second kappa shape index (κ2) is 7.24. The number of nitrogens with one attached hydrogen (secondary N) is 1. The normalized spacial score (nSPS) is 23.4. The van der Waals surface area contributed by atoms with E-state index >= 15 is 0 Å². The van der Waals surface area contributed by atoms with Crippen LogP contribution >= 0.6 is 11.3 Å². The van der Waals surface area contributed by atoms with Gasteiger partial charge in [-0.25, -0.2) is 4.79 Å². The van der Waals surface area contributed by atoms with Crippen molar-refractivity contribution < 1.29 is 9.53 Å². The molecule has 0 spiro atoms. The number of carbonyl (C=O) groups excluding carboxylic acids is 1. The number of nitrogens with zero attached hydrogens (tertiary/aromatic N) is 2. The number of carbonyl (C=O) groups is 1. The van der Waals surface area contributed by atoms with E-state index in [1.54, 1.807) is 11.3 Å². The summed E-state index contributed by atoms with van der Waals surface area (Å²) in [5.41, 5.74) is 0. The van der Waals surface area contributed by atoms with E-state index < -0.39 is 0 Å². The fraction of sp³-hybridized carbons (Fsp3) is 0.667. The molecule has 6 heteroatoms. The fourth-order valence-electron chi connectivity index (χ4n) is 2.90. The Kier molecular flexibility index (Phi) is 5.11. The zero-order chi connectivity index (χ0) is 14.5. The van der Waals surface area contributed by atoms with Crippen LogP contribution in [-0.4, -0.2) is 61.3 Å². The van der Waals surface area contributed by atoms with E-state index in [4.69, 9.17) is 4.74 Å². The Balaban J connectivity index is 1.37. The summed E-state index contributed by atoms with van der Waals surface area (Å²) < 4.78 is 5.68. The third-order valence-electron chi connectivity index (χ3n) is 4.14. The zero-order valence-electron chi connectivity index (χ0n) is 12.3. The Morgan fingerprint density at radius 1 is 1.38 bits per heavy atom. The van der Waals surface area contributed by atoms with Crippen molar-refractivity contribution in [3.63, 3.8) is 0 Å². The van der Waals surface area contributed by atoms with Crippen molar-refractivity contribution in [1.29, 1.82) is 0 Å². The molecular weight excluding hydrogens is 286 g/mol. The monoisotopic (exact) mass is 309 g/mol. The maximum absolute atomic E-state index is 12.1. The molecule has 21 heavy (non-hydrogen) atoms. The van der Waals surface area contributed by atoms with Gasteiger partial charge >= 0.3 is 6.03 Å². The Hall–Kier alpha value is -1.11. The molecule has 2 saturated heterocycles. The molecule has 1 N–H and O–H groups in total. The SMILES string of the molecule is O=C(NCc1cccs1)N1CCN(C[C@@H]2CCCO2)CC1. The second-order valence-corrected chi connectivity index (χ2v) is 6.69.